The third-order valence-corrected chi connectivity index (χ3v) is 10.2. The highest BCUT2D eigenvalue weighted by Gasteiger charge is 2.85. The summed E-state index contributed by atoms with van der Waals surface area (Å²) in [7, 11) is -3.88. The number of nitrogens with zero attached hydrogens (tertiary/aromatic N) is 4. The van der Waals surface area contributed by atoms with Crippen molar-refractivity contribution >= 4 is 53.3 Å². The number of aliphatic hydroxyl groups excluding tert-OH is 2. The fourth-order valence-corrected chi connectivity index (χ4v) is 7.38. The van der Waals surface area contributed by atoms with Crippen molar-refractivity contribution < 1.29 is 38.5 Å². The van der Waals surface area contributed by atoms with Crippen LogP contribution in [0.5, 0.6) is 0 Å². The Hall–Kier alpha value is -1.39. The Bertz CT molecular complexity index is 1300. The number of anilines is 1. The number of hydrogen-bond acceptors (Lipinski definition) is 13. The average molecular weight is 609 g/mol. The van der Waals surface area contributed by atoms with E-state index in [1.807, 2.05) is 0 Å². The van der Waals surface area contributed by atoms with E-state index in [1.54, 1.807) is 34.6 Å². The molecule has 2 aromatic heterocycles. The molecule has 3 heterocycles. The van der Waals surface area contributed by atoms with E-state index in [4.69, 9.17) is 31.1 Å². The third-order valence-electron chi connectivity index (χ3n) is 6.87. The van der Waals surface area contributed by atoms with Gasteiger partial charge in [0.2, 0.25) is 5.95 Å². The molecular weight excluding hydrogens is 575 g/mol. The summed E-state index contributed by atoms with van der Waals surface area (Å²) in [5, 5.41) is 34.4. The summed E-state index contributed by atoms with van der Waals surface area (Å²) in [6.07, 6.45) is -1.03. The Morgan fingerprint density at radius 3 is 2.69 bits per heavy atom. The monoisotopic (exact) mass is 608 g/mol. The molecule has 14 nitrogen and oxygen atoms in total. The van der Waals surface area contributed by atoms with Gasteiger partial charge in [0.15, 0.2) is 15.9 Å². The van der Waals surface area contributed by atoms with Crippen molar-refractivity contribution in [3.8, 4) is 0 Å². The van der Waals surface area contributed by atoms with E-state index in [0.29, 0.717) is 0 Å². The lowest BCUT2D eigenvalue weighted by Gasteiger charge is -2.27. The molecule has 6 N–H and O–H groups in total. The maximum absolute atomic E-state index is 13.4. The fourth-order valence-electron chi connectivity index (χ4n) is 4.70. The van der Waals surface area contributed by atoms with E-state index in [0.717, 1.165) is 11.8 Å². The van der Waals surface area contributed by atoms with Crippen LogP contribution in [0.3, 0.4) is 0 Å². The number of halogens is 1. The van der Waals surface area contributed by atoms with Crippen LogP contribution in [-0.4, -0.2) is 95.0 Å². The summed E-state index contributed by atoms with van der Waals surface area (Å²) >= 11 is 7.07. The predicted octanol–water partition coefficient (Wildman–Crippen LogP) is 1.28. The van der Waals surface area contributed by atoms with Gasteiger partial charge in [-0.25, -0.2) is 14.6 Å². The quantitative estimate of drug-likeness (QED) is 0.131. The van der Waals surface area contributed by atoms with Crippen LogP contribution in [0.4, 0.5) is 5.95 Å². The van der Waals surface area contributed by atoms with Gasteiger partial charge in [0.05, 0.1) is 31.6 Å². The fraction of sp³-hybridized carbons (Fsp3) is 0.727. The lowest BCUT2D eigenvalue weighted by Crippen LogP contribution is -2.40. The van der Waals surface area contributed by atoms with Crippen molar-refractivity contribution in [1.29, 1.82) is 0 Å². The zero-order chi connectivity index (χ0) is 29.0. The minimum atomic E-state index is -3.88. The molecule has 1 saturated heterocycles. The zero-order valence-electron chi connectivity index (χ0n) is 22.2. The molecule has 0 aromatic carbocycles. The predicted molar refractivity (Wildman–Crippen MR) is 144 cm³/mol. The van der Waals surface area contributed by atoms with Crippen molar-refractivity contribution in [3.63, 3.8) is 0 Å². The number of nitrogens with two attached hydrogens (primary N) is 1. The molecule has 218 valence electrons. The lowest BCUT2D eigenvalue weighted by molar-refractivity contribution is -0.119. The first-order valence-corrected chi connectivity index (χ1v) is 15.2. The molecule has 2 aromatic rings. The van der Waals surface area contributed by atoms with Crippen LogP contribution >= 0.6 is 31.1 Å². The molecular formula is C22H34ClN6O8PS. The van der Waals surface area contributed by atoms with E-state index in [9.17, 15) is 24.7 Å². The van der Waals surface area contributed by atoms with Crippen LogP contribution < -0.4 is 10.8 Å². The molecule has 6 atom stereocenters. The standard InChI is InChI=1S/C22H34ClN6O8PS/c1-11(2)28-38(34,35-6-7-39-18(32)20(3,4)9-30)36-8-12-14(31)22(33)17(21(22,5)37-12)29-10-25-13-15(23)26-19(24)27-16(13)29/h10-12,14,17,30-31,33H,6-9H2,1-5H3,(H,28,34)(H2,24,26,27)/t12-,14?,17-,21?,22?,38?/m1/s1. The second-order valence-electron chi connectivity index (χ2n) is 10.7. The SMILES string of the molecule is CC(C)NP(=O)(OCCSC(=O)C(C)(C)CO)OC[C@H]1OC2(C)[C@@H](n3cnc4c(Cl)nc(N)nc43)C2(O)C1O. The minimum Gasteiger partial charge on any atom is -0.395 e. The van der Waals surface area contributed by atoms with Crippen molar-refractivity contribution in [3.05, 3.63) is 11.5 Å². The Kier molecular flexibility index (Phi) is 8.45. The third kappa shape index (κ3) is 5.46. The van der Waals surface area contributed by atoms with Gasteiger partial charge < -0.3 is 30.4 Å². The molecule has 1 aliphatic heterocycles. The summed E-state index contributed by atoms with van der Waals surface area (Å²) in [6.45, 7) is 7.67. The molecule has 1 aliphatic carbocycles. The number of carbonyl (C=O) groups is 1. The van der Waals surface area contributed by atoms with Gasteiger partial charge in [-0.3, -0.25) is 13.8 Å². The van der Waals surface area contributed by atoms with Crippen LogP contribution in [0.2, 0.25) is 5.15 Å². The smallest absolute Gasteiger partial charge is 0.395 e. The van der Waals surface area contributed by atoms with Crippen LogP contribution in [0.25, 0.3) is 11.2 Å². The van der Waals surface area contributed by atoms with Gasteiger partial charge in [-0.15, -0.1) is 0 Å². The number of nitrogens with one attached hydrogen (secondary N) is 1. The first kappa shape index (κ1) is 30.6. The number of thioether (sulfide) groups is 1. The molecule has 4 rings (SSSR count). The van der Waals surface area contributed by atoms with E-state index < -0.39 is 42.6 Å². The van der Waals surface area contributed by atoms with Crippen molar-refractivity contribution in [1.82, 2.24) is 24.6 Å². The maximum atomic E-state index is 13.4. The molecule has 0 radical (unpaired) electrons. The van der Waals surface area contributed by atoms with E-state index in [1.165, 1.54) is 10.9 Å². The zero-order valence-corrected chi connectivity index (χ0v) is 24.7. The Morgan fingerprint density at radius 1 is 1.41 bits per heavy atom. The topological polar surface area (TPSA) is 204 Å². The molecule has 39 heavy (non-hydrogen) atoms. The van der Waals surface area contributed by atoms with Crippen molar-refractivity contribution in [2.75, 3.05) is 31.3 Å². The van der Waals surface area contributed by atoms with Gasteiger partial charge in [0.25, 0.3) is 0 Å². The lowest BCUT2D eigenvalue weighted by atomic mass is 9.97. The number of fused-ring (bicyclic) bond motifs is 2. The normalized spacial score (nSPS) is 30.1. The Morgan fingerprint density at radius 2 is 2.10 bits per heavy atom. The van der Waals surface area contributed by atoms with Gasteiger partial charge in [-0.05, 0) is 34.6 Å². The van der Waals surface area contributed by atoms with Crippen LogP contribution in [0.15, 0.2) is 6.33 Å². The minimum absolute atomic E-state index is 0.0558. The number of rotatable bonds is 12. The molecule has 2 aliphatic rings. The average Bonchev–Trinajstić information content (AvgIpc) is 3.08. The summed E-state index contributed by atoms with van der Waals surface area (Å²) in [4.78, 5) is 24.4. The number of imidazole rings is 1. The number of carbonyl (C=O) groups excluding carboxylic acids is 1. The molecule has 0 amide bonds. The summed E-state index contributed by atoms with van der Waals surface area (Å²) < 4.78 is 32.0. The number of aliphatic hydroxyl groups is 3. The molecule has 17 heteroatoms. The first-order valence-electron chi connectivity index (χ1n) is 12.3. The molecule has 0 bridgehead atoms. The number of ether oxygens (including phenoxy) is 1. The number of nitrogen functional groups attached to an aromatic ring is 1. The van der Waals surface area contributed by atoms with Gasteiger partial charge >= 0.3 is 7.75 Å². The highest BCUT2D eigenvalue weighted by molar-refractivity contribution is 8.13. The molecule has 4 unspecified atom stereocenters. The molecule has 0 spiro atoms. The first-order chi connectivity index (χ1) is 18.1. The number of aromatic nitrogens is 4. The van der Waals surface area contributed by atoms with Crippen LogP contribution in [0, 0.1) is 5.41 Å². The second-order valence-corrected chi connectivity index (χ2v) is 13.9. The summed E-state index contributed by atoms with van der Waals surface area (Å²) in [5.74, 6) is 0.118. The van der Waals surface area contributed by atoms with Gasteiger partial charge in [-0.2, -0.15) is 9.97 Å². The number of hydrogen-bond donors (Lipinski definition) is 5. The van der Waals surface area contributed by atoms with Gasteiger partial charge in [0, 0.05) is 11.8 Å². The van der Waals surface area contributed by atoms with E-state index in [-0.39, 0.29) is 59.0 Å². The Balaban J connectivity index is 1.40. The van der Waals surface area contributed by atoms with E-state index in [2.05, 4.69) is 20.0 Å². The van der Waals surface area contributed by atoms with Crippen molar-refractivity contribution in [2.45, 2.75) is 70.1 Å². The molecule has 1 saturated carbocycles. The van der Waals surface area contributed by atoms with Gasteiger partial charge in [-0.1, -0.05) is 23.4 Å². The van der Waals surface area contributed by atoms with Gasteiger partial charge in [0.1, 0.15) is 35.0 Å². The highest BCUT2D eigenvalue weighted by atomic mass is 35.5. The van der Waals surface area contributed by atoms with Crippen molar-refractivity contribution in [2.24, 2.45) is 5.41 Å². The second kappa shape index (κ2) is 10.8. The largest absolute Gasteiger partial charge is 0.405 e. The van der Waals surface area contributed by atoms with Crippen LogP contribution in [0.1, 0.15) is 40.7 Å². The van der Waals surface area contributed by atoms with E-state index >= 15 is 0 Å². The summed E-state index contributed by atoms with van der Waals surface area (Å²) in [5.41, 5.74) is 2.42. The van der Waals surface area contributed by atoms with Crippen LogP contribution in [-0.2, 0) is 23.1 Å². The molecule has 2 fully saturated rings. The maximum Gasteiger partial charge on any atom is 0.405 e. The Labute approximate surface area is 234 Å². The summed E-state index contributed by atoms with van der Waals surface area (Å²) in [6, 6.07) is -1.04. The highest BCUT2D eigenvalue weighted by Crippen LogP contribution is 2.68.